The van der Waals surface area contributed by atoms with E-state index in [1.54, 1.807) is 0 Å². The first-order valence-electron chi connectivity index (χ1n) is 7.08. The van der Waals surface area contributed by atoms with Crippen LogP contribution < -0.4 is 20.7 Å². The fourth-order valence-electron chi connectivity index (χ4n) is 3.13. The molecule has 1 aromatic carbocycles. The number of fused-ring (bicyclic) bond motifs is 3. The Morgan fingerprint density at radius 3 is 2.60 bits per heavy atom. The summed E-state index contributed by atoms with van der Waals surface area (Å²) in [4.78, 5) is 4.80. The van der Waals surface area contributed by atoms with Crippen molar-refractivity contribution in [2.24, 2.45) is 5.84 Å². The monoisotopic (exact) mass is 271 g/mol. The lowest BCUT2D eigenvalue weighted by Crippen LogP contribution is -2.17. The number of nitrogens with zero attached hydrogens (tertiary/aromatic N) is 1. The molecule has 0 saturated heterocycles. The summed E-state index contributed by atoms with van der Waals surface area (Å²) in [5, 5.41) is 1.01. The van der Waals surface area contributed by atoms with E-state index < -0.39 is 0 Å². The zero-order chi connectivity index (χ0) is 13.5. The van der Waals surface area contributed by atoms with Gasteiger partial charge in [0.1, 0.15) is 13.2 Å². The molecule has 0 fully saturated rings. The van der Waals surface area contributed by atoms with Crippen molar-refractivity contribution in [2.45, 2.75) is 25.7 Å². The summed E-state index contributed by atoms with van der Waals surface area (Å²) in [5.41, 5.74) is 7.19. The molecule has 5 nitrogen and oxygen atoms in total. The Morgan fingerprint density at radius 2 is 1.80 bits per heavy atom. The molecule has 0 atom stereocenters. The van der Waals surface area contributed by atoms with Crippen LogP contribution in [0.1, 0.15) is 24.1 Å². The zero-order valence-corrected chi connectivity index (χ0v) is 11.2. The van der Waals surface area contributed by atoms with Gasteiger partial charge in [-0.15, -0.1) is 0 Å². The van der Waals surface area contributed by atoms with E-state index in [-0.39, 0.29) is 0 Å². The van der Waals surface area contributed by atoms with E-state index in [9.17, 15) is 0 Å². The molecule has 0 bridgehead atoms. The van der Waals surface area contributed by atoms with Crippen molar-refractivity contribution in [2.75, 3.05) is 18.6 Å². The van der Waals surface area contributed by atoms with Gasteiger partial charge in [-0.25, -0.2) is 0 Å². The van der Waals surface area contributed by atoms with Crippen molar-refractivity contribution < 1.29 is 9.47 Å². The number of nitrogen functional groups attached to an aromatic ring is 1. The third-order valence-corrected chi connectivity index (χ3v) is 4.07. The molecule has 1 aliphatic heterocycles. The van der Waals surface area contributed by atoms with E-state index >= 15 is 0 Å². The van der Waals surface area contributed by atoms with Gasteiger partial charge in [-0.05, 0) is 37.3 Å². The lowest BCUT2D eigenvalue weighted by molar-refractivity contribution is 0.172. The Bertz CT molecular complexity index is 679. The van der Waals surface area contributed by atoms with Gasteiger partial charge in [-0.3, -0.25) is 10.8 Å². The molecule has 1 aliphatic carbocycles. The molecule has 0 radical (unpaired) electrons. The van der Waals surface area contributed by atoms with Gasteiger partial charge in [-0.1, -0.05) is 0 Å². The minimum absolute atomic E-state index is 0.586. The molecule has 0 unspecified atom stereocenters. The van der Waals surface area contributed by atoms with Crippen LogP contribution >= 0.6 is 0 Å². The molecule has 5 heteroatoms. The van der Waals surface area contributed by atoms with E-state index in [0.29, 0.717) is 13.2 Å². The Labute approximate surface area is 117 Å². The molecule has 3 N–H and O–H groups in total. The summed E-state index contributed by atoms with van der Waals surface area (Å²) < 4.78 is 11.3. The summed E-state index contributed by atoms with van der Waals surface area (Å²) in [5.74, 6) is 7.32. The molecule has 0 spiro atoms. The highest BCUT2D eigenvalue weighted by Crippen LogP contribution is 2.39. The predicted octanol–water partition coefficient (Wildman–Crippen LogP) is 2.17. The van der Waals surface area contributed by atoms with Crippen molar-refractivity contribution in [1.82, 2.24) is 4.98 Å². The SMILES string of the molecule is NNc1c2c(nc3cc4c(cc13)OCCO4)CCCC2. The smallest absolute Gasteiger partial charge is 0.163 e. The van der Waals surface area contributed by atoms with Gasteiger partial charge < -0.3 is 14.9 Å². The second kappa shape index (κ2) is 4.52. The number of hydrogen-bond acceptors (Lipinski definition) is 5. The van der Waals surface area contributed by atoms with E-state index in [4.69, 9.17) is 20.3 Å². The maximum atomic E-state index is 5.77. The van der Waals surface area contributed by atoms with Crippen LogP contribution in [0.2, 0.25) is 0 Å². The van der Waals surface area contributed by atoms with Crippen molar-refractivity contribution in [3.8, 4) is 11.5 Å². The predicted molar refractivity (Wildman–Crippen MR) is 77.2 cm³/mol. The maximum absolute atomic E-state index is 5.77. The van der Waals surface area contributed by atoms with Crippen LogP contribution in [-0.2, 0) is 12.8 Å². The summed E-state index contributed by atoms with van der Waals surface area (Å²) in [6.07, 6.45) is 4.44. The fourth-order valence-corrected chi connectivity index (χ4v) is 3.13. The number of benzene rings is 1. The first-order valence-corrected chi connectivity index (χ1v) is 7.08. The highest BCUT2D eigenvalue weighted by Gasteiger charge is 2.20. The minimum Gasteiger partial charge on any atom is -0.486 e. The Balaban J connectivity index is 2.00. The van der Waals surface area contributed by atoms with Gasteiger partial charge in [0.2, 0.25) is 0 Å². The van der Waals surface area contributed by atoms with Crippen molar-refractivity contribution in [3.05, 3.63) is 23.4 Å². The van der Waals surface area contributed by atoms with Crippen LogP contribution in [-0.4, -0.2) is 18.2 Å². The molecule has 1 aromatic heterocycles. The Hall–Kier alpha value is -2.01. The van der Waals surface area contributed by atoms with Gasteiger partial charge in [0.25, 0.3) is 0 Å². The van der Waals surface area contributed by atoms with E-state index in [1.165, 1.54) is 18.4 Å². The number of aryl methyl sites for hydroxylation is 1. The minimum atomic E-state index is 0.586. The summed E-state index contributed by atoms with van der Waals surface area (Å²) in [6.45, 7) is 1.17. The third-order valence-electron chi connectivity index (χ3n) is 4.07. The average molecular weight is 271 g/mol. The zero-order valence-electron chi connectivity index (χ0n) is 11.2. The molecule has 104 valence electrons. The summed E-state index contributed by atoms with van der Waals surface area (Å²) in [6, 6.07) is 3.94. The normalized spacial score (nSPS) is 16.9. The molecule has 0 saturated carbocycles. The molecular formula is C15H17N3O2. The average Bonchev–Trinajstić information content (AvgIpc) is 2.50. The van der Waals surface area contributed by atoms with Gasteiger partial charge in [0.05, 0.1) is 11.2 Å². The number of anilines is 1. The van der Waals surface area contributed by atoms with Crippen LogP contribution in [0.3, 0.4) is 0 Å². The number of nitrogens with two attached hydrogens (primary N) is 1. The first kappa shape index (κ1) is 11.8. The molecule has 20 heavy (non-hydrogen) atoms. The quantitative estimate of drug-likeness (QED) is 0.614. The second-order valence-corrected chi connectivity index (χ2v) is 5.28. The summed E-state index contributed by atoms with van der Waals surface area (Å²) >= 11 is 0. The standard InChI is InChI=1S/C15H17N3O2/c16-18-15-9-3-1-2-4-11(9)17-12-8-14-13(7-10(12)15)19-5-6-20-14/h7-8H,1-6,16H2,(H,17,18). The number of aromatic nitrogens is 1. The van der Waals surface area contributed by atoms with Gasteiger partial charge in [0, 0.05) is 17.1 Å². The molecule has 2 aliphatic rings. The highest BCUT2D eigenvalue weighted by atomic mass is 16.6. The molecule has 0 amide bonds. The molecular weight excluding hydrogens is 254 g/mol. The third kappa shape index (κ3) is 1.70. The number of nitrogens with one attached hydrogen (secondary N) is 1. The van der Waals surface area contributed by atoms with Gasteiger partial charge in [-0.2, -0.15) is 0 Å². The van der Waals surface area contributed by atoms with Crippen LogP contribution in [0.15, 0.2) is 12.1 Å². The largest absolute Gasteiger partial charge is 0.486 e. The fraction of sp³-hybridized carbons (Fsp3) is 0.400. The highest BCUT2D eigenvalue weighted by molar-refractivity contribution is 5.95. The Morgan fingerprint density at radius 1 is 1.05 bits per heavy atom. The second-order valence-electron chi connectivity index (χ2n) is 5.28. The van der Waals surface area contributed by atoms with E-state index in [2.05, 4.69) is 5.43 Å². The molecule has 2 heterocycles. The van der Waals surface area contributed by atoms with Crippen molar-refractivity contribution in [3.63, 3.8) is 0 Å². The number of hydrogen-bond donors (Lipinski definition) is 2. The summed E-state index contributed by atoms with van der Waals surface area (Å²) in [7, 11) is 0. The molecule has 2 aromatic rings. The van der Waals surface area contributed by atoms with Crippen LogP contribution in [0, 0.1) is 0 Å². The molecule has 4 rings (SSSR count). The first-order chi connectivity index (χ1) is 9.86. The number of pyridine rings is 1. The topological polar surface area (TPSA) is 69.4 Å². The van der Waals surface area contributed by atoms with Gasteiger partial charge in [0.15, 0.2) is 11.5 Å². The number of ether oxygens (including phenoxy) is 2. The lowest BCUT2D eigenvalue weighted by Gasteiger charge is -2.23. The Kier molecular flexibility index (Phi) is 2.67. The van der Waals surface area contributed by atoms with Crippen LogP contribution in [0.4, 0.5) is 5.69 Å². The van der Waals surface area contributed by atoms with Crippen molar-refractivity contribution >= 4 is 16.6 Å². The van der Waals surface area contributed by atoms with Crippen LogP contribution in [0.5, 0.6) is 11.5 Å². The van der Waals surface area contributed by atoms with E-state index in [0.717, 1.165) is 46.6 Å². The van der Waals surface area contributed by atoms with Crippen molar-refractivity contribution in [1.29, 1.82) is 0 Å². The van der Waals surface area contributed by atoms with E-state index in [1.807, 2.05) is 12.1 Å². The maximum Gasteiger partial charge on any atom is 0.163 e. The number of rotatable bonds is 1. The lowest BCUT2D eigenvalue weighted by atomic mass is 9.93. The van der Waals surface area contributed by atoms with Crippen LogP contribution in [0.25, 0.3) is 10.9 Å². The number of hydrazine groups is 1. The van der Waals surface area contributed by atoms with Gasteiger partial charge >= 0.3 is 0 Å².